The first kappa shape index (κ1) is 26.1. The first-order valence-corrected chi connectivity index (χ1v) is 11.4. The molecule has 0 bridgehead atoms. The molecule has 178 valence electrons. The Morgan fingerprint density at radius 2 is 1.97 bits per heavy atom. The second kappa shape index (κ2) is 13.4. The number of para-hydroxylation sites is 2. The molecule has 1 aromatic carbocycles. The number of nitrogens with one attached hydrogen (secondary N) is 3. The minimum Gasteiger partial charge on any atom is -0.378 e. The molecule has 10 heteroatoms. The number of nitro groups is 1. The molecule has 1 aromatic rings. The van der Waals surface area contributed by atoms with E-state index in [4.69, 9.17) is 0 Å². The maximum Gasteiger partial charge on any atom is 0.292 e. The zero-order chi connectivity index (χ0) is 22.1. The monoisotopic (exact) mass is 558 g/mol. The van der Waals surface area contributed by atoms with Gasteiger partial charge in [-0.3, -0.25) is 19.9 Å². The van der Waals surface area contributed by atoms with Gasteiger partial charge in [-0.05, 0) is 32.3 Å². The van der Waals surface area contributed by atoms with Crippen LogP contribution < -0.4 is 16.0 Å². The Morgan fingerprint density at radius 3 is 2.69 bits per heavy atom. The molecule has 1 amide bonds. The summed E-state index contributed by atoms with van der Waals surface area (Å²) in [5, 5.41) is 20.9. The van der Waals surface area contributed by atoms with Crippen molar-refractivity contribution < 1.29 is 9.72 Å². The molecule has 9 nitrogen and oxygen atoms in total. The molecule has 1 atom stereocenters. The van der Waals surface area contributed by atoms with Crippen molar-refractivity contribution in [2.45, 2.75) is 51.5 Å². The first-order valence-electron chi connectivity index (χ1n) is 11.4. The third-order valence-electron chi connectivity index (χ3n) is 5.94. The van der Waals surface area contributed by atoms with Crippen LogP contribution >= 0.6 is 24.0 Å². The Balaban J connectivity index is 0.00000363. The van der Waals surface area contributed by atoms with Crippen LogP contribution in [0.2, 0.25) is 0 Å². The lowest BCUT2D eigenvalue weighted by molar-refractivity contribution is -0.384. The van der Waals surface area contributed by atoms with Crippen molar-refractivity contribution in [3.8, 4) is 0 Å². The number of amides is 1. The van der Waals surface area contributed by atoms with Gasteiger partial charge in [-0.25, -0.2) is 0 Å². The van der Waals surface area contributed by atoms with E-state index < -0.39 is 4.92 Å². The van der Waals surface area contributed by atoms with E-state index >= 15 is 0 Å². The molecule has 0 aromatic heterocycles. The van der Waals surface area contributed by atoms with Crippen LogP contribution in [-0.4, -0.2) is 60.5 Å². The van der Waals surface area contributed by atoms with E-state index in [0.29, 0.717) is 37.2 Å². The van der Waals surface area contributed by atoms with E-state index in [0.717, 1.165) is 32.4 Å². The first-order chi connectivity index (χ1) is 15.1. The van der Waals surface area contributed by atoms with Gasteiger partial charge in [0, 0.05) is 44.2 Å². The number of nitro benzene ring substituents is 1. The van der Waals surface area contributed by atoms with Crippen LogP contribution in [-0.2, 0) is 4.79 Å². The van der Waals surface area contributed by atoms with Gasteiger partial charge < -0.3 is 20.9 Å². The fourth-order valence-corrected chi connectivity index (χ4v) is 4.34. The average molecular weight is 558 g/mol. The second-order valence-corrected chi connectivity index (χ2v) is 8.21. The number of hydrogen-bond acceptors (Lipinski definition) is 5. The molecule has 0 radical (unpaired) electrons. The number of guanidine groups is 1. The number of benzene rings is 1. The van der Waals surface area contributed by atoms with Crippen LogP contribution in [0.4, 0.5) is 11.4 Å². The van der Waals surface area contributed by atoms with Crippen molar-refractivity contribution in [3.05, 3.63) is 34.4 Å². The predicted octanol–water partition coefficient (Wildman–Crippen LogP) is 3.36. The standard InChI is InChI=1S/C22H34N6O3.HI/c1-2-23-22(25-14-13-24-19-10-6-7-11-20(19)28(30)31)26-18-12-15-27(16-18)21(29)17-8-4-3-5-9-17;/h6-7,10-11,17-18,24H,2-5,8-9,12-16H2,1H3,(H2,23,25,26);1H. The van der Waals surface area contributed by atoms with Crippen molar-refractivity contribution >= 4 is 47.2 Å². The third kappa shape index (κ3) is 7.49. The SMILES string of the molecule is CCNC(=NCCNc1ccccc1[N+](=O)[O-])NC1CCN(C(=O)C2CCCCC2)C1.I. The number of hydrogen-bond donors (Lipinski definition) is 3. The van der Waals surface area contributed by atoms with E-state index in [9.17, 15) is 14.9 Å². The smallest absolute Gasteiger partial charge is 0.292 e. The molecule has 2 aliphatic rings. The van der Waals surface area contributed by atoms with E-state index in [1.54, 1.807) is 18.2 Å². The molecule has 32 heavy (non-hydrogen) atoms. The van der Waals surface area contributed by atoms with Gasteiger partial charge in [0.2, 0.25) is 5.91 Å². The molecule has 2 fully saturated rings. The average Bonchev–Trinajstić information content (AvgIpc) is 3.25. The highest BCUT2D eigenvalue weighted by Gasteiger charge is 2.31. The van der Waals surface area contributed by atoms with Crippen LogP contribution in [0.1, 0.15) is 45.4 Å². The number of carbonyl (C=O) groups excluding carboxylic acids is 1. The molecule has 1 heterocycles. The van der Waals surface area contributed by atoms with E-state index in [-0.39, 0.29) is 41.6 Å². The molecule has 0 spiro atoms. The van der Waals surface area contributed by atoms with E-state index in [1.165, 1.54) is 25.3 Å². The van der Waals surface area contributed by atoms with Gasteiger partial charge >= 0.3 is 0 Å². The van der Waals surface area contributed by atoms with Gasteiger partial charge in [0.25, 0.3) is 5.69 Å². The number of rotatable bonds is 8. The highest BCUT2D eigenvalue weighted by Crippen LogP contribution is 2.27. The fourth-order valence-electron chi connectivity index (χ4n) is 4.34. The Hall–Kier alpha value is -2.11. The molecule has 1 unspecified atom stereocenters. The highest BCUT2D eigenvalue weighted by molar-refractivity contribution is 14.0. The van der Waals surface area contributed by atoms with Gasteiger partial charge in [0.15, 0.2) is 5.96 Å². The summed E-state index contributed by atoms with van der Waals surface area (Å²) < 4.78 is 0. The van der Waals surface area contributed by atoms with E-state index in [1.807, 2.05) is 11.8 Å². The summed E-state index contributed by atoms with van der Waals surface area (Å²) in [6.07, 6.45) is 6.57. The molecule has 1 saturated heterocycles. The maximum absolute atomic E-state index is 12.8. The van der Waals surface area contributed by atoms with Gasteiger partial charge in [0.1, 0.15) is 5.69 Å². The number of nitrogens with zero attached hydrogens (tertiary/aromatic N) is 3. The molecule has 3 rings (SSSR count). The Morgan fingerprint density at radius 1 is 1.22 bits per heavy atom. The number of aliphatic imine (C=N–C) groups is 1. The topological polar surface area (TPSA) is 112 Å². The number of anilines is 1. The highest BCUT2D eigenvalue weighted by atomic mass is 127. The quantitative estimate of drug-likeness (QED) is 0.113. The Bertz CT molecular complexity index is 785. The number of carbonyl (C=O) groups is 1. The van der Waals surface area contributed by atoms with Crippen LogP contribution in [0.15, 0.2) is 29.3 Å². The van der Waals surface area contributed by atoms with Gasteiger partial charge in [-0.1, -0.05) is 31.4 Å². The van der Waals surface area contributed by atoms with Crippen LogP contribution in [0, 0.1) is 16.0 Å². The number of likely N-dealkylation sites (tertiary alicyclic amines) is 1. The molecular formula is C22H35IN6O3. The van der Waals surface area contributed by atoms with Gasteiger partial charge in [-0.15, -0.1) is 24.0 Å². The van der Waals surface area contributed by atoms with Crippen LogP contribution in [0.3, 0.4) is 0 Å². The van der Waals surface area contributed by atoms with E-state index in [2.05, 4.69) is 20.9 Å². The second-order valence-electron chi connectivity index (χ2n) is 8.21. The van der Waals surface area contributed by atoms with Gasteiger partial charge in [0.05, 0.1) is 11.5 Å². The minimum absolute atomic E-state index is 0. The summed E-state index contributed by atoms with van der Waals surface area (Å²) in [6.45, 7) is 5.22. The lowest BCUT2D eigenvalue weighted by atomic mass is 9.88. The molecule has 1 saturated carbocycles. The summed E-state index contributed by atoms with van der Waals surface area (Å²) in [7, 11) is 0. The fraction of sp³-hybridized carbons (Fsp3) is 0.636. The lowest BCUT2D eigenvalue weighted by Crippen LogP contribution is -2.45. The zero-order valence-electron chi connectivity index (χ0n) is 18.7. The number of halogens is 1. The lowest BCUT2D eigenvalue weighted by Gasteiger charge is -2.26. The van der Waals surface area contributed by atoms with Crippen molar-refractivity contribution in [1.29, 1.82) is 0 Å². The maximum atomic E-state index is 12.8. The summed E-state index contributed by atoms with van der Waals surface area (Å²) in [6, 6.07) is 6.79. The molecule has 1 aliphatic heterocycles. The zero-order valence-corrected chi connectivity index (χ0v) is 21.0. The Labute approximate surface area is 207 Å². The summed E-state index contributed by atoms with van der Waals surface area (Å²) in [4.78, 5) is 30.1. The minimum atomic E-state index is -0.391. The normalized spacial score (nSPS) is 19.2. The summed E-state index contributed by atoms with van der Waals surface area (Å²) >= 11 is 0. The Kier molecular flexibility index (Phi) is 11.0. The van der Waals surface area contributed by atoms with Crippen molar-refractivity contribution in [1.82, 2.24) is 15.5 Å². The largest absolute Gasteiger partial charge is 0.378 e. The van der Waals surface area contributed by atoms with Crippen molar-refractivity contribution in [2.75, 3.05) is 38.0 Å². The molecule has 1 aliphatic carbocycles. The van der Waals surface area contributed by atoms with Gasteiger partial charge in [-0.2, -0.15) is 0 Å². The predicted molar refractivity (Wildman–Crippen MR) is 138 cm³/mol. The molecule has 3 N–H and O–H groups in total. The van der Waals surface area contributed by atoms with Crippen molar-refractivity contribution in [3.63, 3.8) is 0 Å². The molecular weight excluding hydrogens is 523 g/mol. The summed E-state index contributed by atoms with van der Waals surface area (Å²) in [5.74, 6) is 1.24. The third-order valence-corrected chi connectivity index (χ3v) is 5.94. The van der Waals surface area contributed by atoms with Crippen LogP contribution in [0.25, 0.3) is 0 Å². The summed E-state index contributed by atoms with van der Waals surface area (Å²) in [5.41, 5.74) is 0.554. The van der Waals surface area contributed by atoms with Crippen LogP contribution in [0.5, 0.6) is 0 Å². The van der Waals surface area contributed by atoms with Crippen molar-refractivity contribution in [2.24, 2.45) is 10.9 Å².